The van der Waals surface area contributed by atoms with Crippen LogP contribution in [0.1, 0.15) is 37.8 Å². The first-order valence-corrected chi connectivity index (χ1v) is 7.65. The van der Waals surface area contributed by atoms with Crippen molar-refractivity contribution in [3.63, 3.8) is 0 Å². The number of aliphatic hydroxyl groups excluding tert-OH is 1. The molecule has 0 radical (unpaired) electrons. The van der Waals surface area contributed by atoms with Crippen molar-refractivity contribution in [2.45, 2.75) is 32.2 Å². The Labute approximate surface area is 125 Å². The fraction of sp³-hybridized carbons (Fsp3) is 0.471. The minimum absolute atomic E-state index is 0.301. The van der Waals surface area contributed by atoms with E-state index in [0.29, 0.717) is 18.1 Å². The van der Waals surface area contributed by atoms with E-state index in [0.717, 1.165) is 18.7 Å². The average Bonchev–Trinajstić information content (AvgIpc) is 3.06. The summed E-state index contributed by atoms with van der Waals surface area (Å²) in [6, 6.07) is 8.90. The molecule has 4 nitrogen and oxygen atoms in total. The molecule has 0 spiro atoms. The summed E-state index contributed by atoms with van der Waals surface area (Å²) >= 11 is 0. The van der Waals surface area contributed by atoms with Crippen LogP contribution in [0.3, 0.4) is 0 Å². The largest absolute Gasteiger partial charge is 0.396 e. The second kappa shape index (κ2) is 6.00. The van der Waals surface area contributed by atoms with Crippen LogP contribution in [-0.4, -0.2) is 27.8 Å². The average molecular weight is 285 g/mol. The third-order valence-corrected chi connectivity index (χ3v) is 4.58. The Morgan fingerprint density at radius 1 is 1.33 bits per heavy atom. The summed E-state index contributed by atoms with van der Waals surface area (Å²) in [5, 5.41) is 12.7. The Kier molecular flexibility index (Phi) is 4.08. The van der Waals surface area contributed by atoms with Gasteiger partial charge in [-0.05, 0) is 49.3 Å². The maximum absolute atomic E-state index is 9.11. The Morgan fingerprint density at radius 2 is 2.10 bits per heavy atom. The van der Waals surface area contributed by atoms with Crippen molar-refractivity contribution in [1.29, 1.82) is 0 Å². The van der Waals surface area contributed by atoms with Crippen LogP contribution in [0.5, 0.6) is 0 Å². The second-order valence-corrected chi connectivity index (χ2v) is 6.14. The van der Waals surface area contributed by atoms with Crippen LogP contribution >= 0.6 is 0 Å². The fourth-order valence-electron chi connectivity index (χ4n) is 2.76. The Balaban J connectivity index is 1.59. The highest BCUT2D eigenvalue weighted by molar-refractivity contribution is 5.35. The van der Waals surface area contributed by atoms with E-state index in [1.807, 2.05) is 17.1 Å². The van der Waals surface area contributed by atoms with E-state index in [4.69, 9.17) is 5.11 Å². The van der Waals surface area contributed by atoms with E-state index in [9.17, 15) is 0 Å². The molecule has 3 rings (SSSR count). The van der Waals surface area contributed by atoms with E-state index in [-0.39, 0.29) is 0 Å². The number of imidazole rings is 1. The number of hydrogen-bond acceptors (Lipinski definition) is 3. The van der Waals surface area contributed by atoms with Gasteiger partial charge >= 0.3 is 0 Å². The molecule has 2 N–H and O–H groups in total. The molecular formula is C17H23N3O. The zero-order valence-electron chi connectivity index (χ0n) is 12.5. The van der Waals surface area contributed by atoms with E-state index in [1.165, 1.54) is 18.4 Å². The lowest BCUT2D eigenvalue weighted by Gasteiger charge is -2.20. The number of nitrogens with zero attached hydrogens (tertiary/aromatic N) is 2. The summed E-state index contributed by atoms with van der Waals surface area (Å²) in [6.45, 7) is 3.49. The minimum Gasteiger partial charge on any atom is -0.396 e. The first-order valence-electron chi connectivity index (χ1n) is 7.65. The zero-order chi connectivity index (χ0) is 14.7. The summed E-state index contributed by atoms with van der Waals surface area (Å²) in [7, 11) is 0. The van der Waals surface area contributed by atoms with Crippen molar-refractivity contribution in [3.8, 4) is 5.69 Å². The van der Waals surface area contributed by atoms with Crippen LogP contribution in [0, 0.1) is 5.41 Å². The van der Waals surface area contributed by atoms with E-state index in [1.54, 1.807) is 6.20 Å². The molecule has 2 aromatic rings. The molecular weight excluding hydrogens is 262 g/mol. The maximum Gasteiger partial charge on any atom is 0.0991 e. The normalized spacial score (nSPS) is 17.6. The van der Waals surface area contributed by atoms with Gasteiger partial charge in [0.2, 0.25) is 0 Å². The molecule has 0 aliphatic heterocycles. The van der Waals surface area contributed by atoms with Crippen LogP contribution in [0.4, 0.5) is 0 Å². The number of aromatic nitrogens is 2. The summed E-state index contributed by atoms with van der Waals surface area (Å²) in [4.78, 5) is 4.07. The molecule has 0 saturated heterocycles. The molecule has 1 aromatic carbocycles. The second-order valence-electron chi connectivity index (χ2n) is 6.14. The Hall–Kier alpha value is -1.65. The lowest BCUT2D eigenvalue weighted by molar-refractivity contribution is 0.243. The van der Waals surface area contributed by atoms with E-state index in [2.05, 4.69) is 41.5 Å². The number of hydrogen-bond donors (Lipinski definition) is 2. The predicted octanol–water partition coefficient (Wildman–Crippen LogP) is 2.69. The lowest BCUT2D eigenvalue weighted by atomic mass is 10.0. The quantitative estimate of drug-likeness (QED) is 0.822. The van der Waals surface area contributed by atoms with Gasteiger partial charge in [-0.1, -0.05) is 12.1 Å². The first-order chi connectivity index (χ1) is 10.2. The number of aliphatic hydroxyl groups is 1. The van der Waals surface area contributed by atoms with Crippen LogP contribution in [-0.2, 0) is 0 Å². The summed E-state index contributed by atoms with van der Waals surface area (Å²) in [5.41, 5.74) is 2.78. The predicted molar refractivity (Wildman–Crippen MR) is 83.4 cm³/mol. The minimum atomic E-state index is 0.301. The van der Waals surface area contributed by atoms with Crippen molar-refractivity contribution in [2.24, 2.45) is 5.41 Å². The monoisotopic (exact) mass is 285 g/mol. The molecule has 1 aromatic heterocycles. The number of benzene rings is 1. The van der Waals surface area contributed by atoms with Gasteiger partial charge in [0.15, 0.2) is 0 Å². The SMILES string of the molecule is CC(NCC1(CCO)CC1)c1ccc(-n2ccnc2)cc1. The van der Waals surface area contributed by atoms with Gasteiger partial charge in [0.1, 0.15) is 0 Å². The van der Waals surface area contributed by atoms with Crippen LogP contribution in [0.25, 0.3) is 5.69 Å². The summed E-state index contributed by atoms with van der Waals surface area (Å²) < 4.78 is 2.00. The third-order valence-electron chi connectivity index (χ3n) is 4.58. The standard InChI is InChI=1S/C17H23N3O/c1-14(19-12-17(6-7-17)8-11-21)15-2-4-16(5-3-15)20-10-9-18-13-20/h2-5,9-10,13-14,19,21H,6-8,11-12H2,1H3. The maximum atomic E-state index is 9.11. The molecule has 1 aliphatic rings. The summed E-state index contributed by atoms with van der Waals surface area (Å²) in [5.74, 6) is 0. The first kappa shape index (κ1) is 14.3. The van der Waals surface area contributed by atoms with Gasteiger partial charge < -0.3 is 15.0 Å². The van der Waals surface area contributed by atoms with Gasteiger partial charge in [0.05, 0.1) is 6.33 Å². The molecule has 1 fully saturated rings. The van der Waals surface area contributed by atoms with Crippen molar-refractivity contribution in [1.82, 2.24) is 14.9 Å². The number of rotatable bonds is 7. The molecule has 1 unspecified atom stereocenters. The third kappa shape index (κ3) is 3.34. The molecule has 0 amide bonds. The van der Waals surface area contributed by atoms with Crippen molar-refractivity contribution in [3.05, 3.63) is 48.5 Å². The molecule has 1 heterocycles. The van der Waals surface area contributed by atoms with Crippen LogP contribution < -0.4 is 5.32 Å². The summed E-state index contributed by atoms with van der Waals surface area (Å²) in [6.07, 6.45) is 8.95. The molecule has 21 heavy (non-hydrogen) atoms. The zero-order valence-corrected chi connectivity index (χ0v) is 12.5. The van der Waals surface area contributed by atoms with Gasteiger partial charge in [-0.3, -0.25) is 0 Å². The Morgan fingerprint density at radius 3 is 2.67 bits per heavy atom. The molecule has 1 aliphatic carbocycles. The smallest absolute Gasteiger partial charge is 0.0991 e. The van der Waals surface area contributed by atoms with Gasteiger partial charge in [-0.2, -0.15) is 0 Å². The van der Waals surface area contributed by atoms with Gasteiger partial charge in [0.25, 0.3) is 0 Å². The fourth-order valence-corrected chi connectivity index (χ4v) is 2.76. The van der Waals surface area contributed by atoms with E-state index >= 15 is 0 Å². The molecule has 1 atom stereocenters. The van der Waals surface area contributed by atoms with Crippen LogP contribution in [0.2, 0.25) is 0 Å². The van der Waals surface area contributed by atoms with Gasteiger partial charge in [0, 0.05) is 37.3 Å². The van der Waals surface area contributed by atoms with Crippen LogP contribution in [0.15, 0.2) is 43.0 Å². The van der Waals surface area contributed by atoms with E-state index < -0.39 is 0 Å². The molecule has 1 saturated carbocycles. The highest BCUT2D eigenvalue weighted by atomic mass is 16.3. The molecule has 4 heteroatoms. The van der Waals surface area contributed by atoms with Gasteiger partial charge in [-0.15, -0.1) is 0 Å². The highest BCUT2D eigenvalue weighted by Gasteiger charge is 2.41. The molecule has 0 bridgehead atoms. The Bertz CT molecular complexity index is 558. The van der Waals surface area contributed by atoms with Crippen molar-refractivity contribution in [2.75, 3.05) is 13.2 Å². The number of nitrogens with one attached hydrogen (secondary N) is 1. The van der Waals surface area contributed by atoms with Gasteiger partial charge in [-0.25, -0.2) is 4.98 Å². The van der Waals surface area contributed by atoms with Crippen molar-refractivity contribution < 1.29 is 5.11 Å². The molecule has 112 valence electrons. The lowest BCUT2D eigenvalue weighted by Crippen LogP contribution is -2.27. The topological polar surface area (TPSA) is 50.1 Å². The van der Waals surface area contributed by atoms with Crippen molar-refractivity contribution >= 4 is 0 Å². The highest BCUT2D eigenvalue weighted by Crippen LogP contribution is 2.48.